The monoisotopic (exact) mass is 498 g/mol. The average molecular weight is 499 g/mol. The van der Waals surface area contributed by atoms with Gasteiger partial charge in [-0.1, -0.05) is 117 Å². The zero-order valence-electron chi connectivity index (χ0n) is 18.7. The number of hydrogen-bond acceptors (Lipinski definition) is 0. The average Bonchev–Trinajstić information content (AvgIpc) is 2.84. The quantitative estimate of drug-likeness (QED) is 0.198. The van der Waals surface area contributed by atoms with Crippen LogP contribution >= 0.6 is 7.92 Å². The van der Waals surface area contributed by atoms with Crippen molar-refractivity contribution in [3.8, 4) is 0 Å². The van der Waals surface area contributed by atoms with E-state index >= 15 is 0 Å². The summed E-state index contributed by atoms with van der Waals surface area (Å²) in [4.78, 5) is 0. The van der Waals surface area contributed by atoms with Crippen molar-refractivity contribution >= 4 is 31.8 Å². The fourth-order valence-corrected chi connectivity index (χ4v) is 8.02. The van der Waals surface area contributed by atoms with E-state index in [1.165, 1.54) is 10.6 Å². The molecular formula is C26H27CrO3PSi. The van der Waals surface area contributed by atoms with Crippen LogP contribution in [0.3, 0.4) is 0 Å². The third kappa shape index (κ3) is 9.28. The van der Waals surface area contributed by atoms with Gasteiger partial charge in [0.2, 0.25) is 0 Å². The molecule has 0 amide bonds. The Morgan fingerprint density at radius 1 is 0.625 bits per heavy atom. The summed E-state index contributed by atoms with van der Waals surface area (Å²) < 4.78 is 22.5. The molecule has 6 heteroatoms. The molecule has 0 unspecified atom stereocenters. The fraction of sp³-hybridized carbons (Fsp3) is 0.192. The second kappa shape index (κ2) is 17.6. The summed E-state index contributed by atoms with van der Waals surface area (Å²) in [5.74, 6) is 0. The molecule has 0 aliphatic heterocycles. The van der Waals surface area contributed by atoms with Gasteiger partial charge in [-0.2, -0.15) is 0 Å². The second-order valence-electron chi connectivity index (χ2n) is 7.55. The Bertz CT molecular complexity index is 898. The molecule has 164 valence electrons. The van der Waals surface area contributed by atoms with E-state index in [0.29, 0.717) is 5.66 Å². The zero-order valence-corrected chi connectivity index (χ0v) is 21.9. The fourth-order valence-electron chi connectivity index (χ4n) is 3.46. The molecular weight excluding hydrogens is 471 g/mol. The maximum absolute atomic E-state index is 7.50. The smallest absolute Gasteiger partial charge is 0 e. The molecule has 0 aromatic heterocycles. The van der Waals surface area contributed by atoms with Gasteiger partial charge < -0.3 is 0 Å². The van der Waals surface area contributed by atoms with Gasteiger partial charge in [0.1, 0.15) is 0 Å². The topological polar surface area (TPSA) is 59.7 Å². The maximum Gasteiger partial charge on any atom is 0 e. The van der Waals surface area contributed by atoms with Crippen LogP contribution < -0.4 is 15.8 Å². The molecule has 3 aromatic carbocycles. The van der Waals surface area contributed by atoms with Crippen LogP contribution in [-0.4, -0.2) is 8.07 Å². The summed E-state index contributed by atoms with van der Waals surface area (Å²) in [5.41, 5.74) is 2.04. The third-order valence-corrected chi connectivity index (χ3v) is 9.51. The molecule has 3 nitrogen and oxygen atoms in total. The van der Waals surface area contributed by atoms with Gasteiger partial charge in [0, 0.05) is 23.0 Å². The Balaban J connectivity index is 0. The van der Waals surface area contributed by atoms with E-state index in [0.717, 1.165) is 0 Å². The van der Waals surface area contributed by atoms with Crippen molar-refractivity contribution in [2.45, 2.75) is 32.2 Å². The largest absolute Gasteiger partial charge is 0 e. The van der Waals surface area contributed by atoms with Crippen LogP contribution in [0.2, 0.25) is 19.6 Å². The van der Waals surface area contributed by atoms with Gasteiger partial charge >= 0.3 is 33.9 Å². The summed E-state index contributed by atoms with van der Waals surface area (Å²) in [6, 6.07) is 31.2. The van der Waals surface area contributed by atoms with Crippen molar-refractivity contribution < 1.29 is 31.3 Å². The molecule has 0 saturated heterocycles. The van der Waals surface area contributed by atoms with E-state index in [1.54, 1.807) is 10.8 Å². The Morgan fingerprint density at radius 2 is 0.969 bits per heavy atom. The summed E-state index contributed by atoms with van der Waals surface area (Å²) in [5, 5.41) is 4.52. The molecule has 0 spiro atoms. The number of benzene rings is 3. The van der Waals surface area contributed by atoms with Gasteiger partial charge in [0.15, 0.2) is 0 Å². The van der Waals surface area contributed by atoms with E-state index in [2.05, 4.69) is 131 Å². The summed E-state index contributed by atoms with van der Waals surface area (Å²) >= 11 is 0. The van der Waals surface area contributed by atoms with Crippen LogP contribution in [0.15, 0.2) is 84.9 Å². The van der Waals surface area contributed by atoms with Gasteiger partial charge in [-0.15, -0.1) is 0 Å². The number of hydrogen-bond donors (Lipinski definition) is 0. The Labute approximate surface area is 205 Å². The molecule has 0 bridgehead atoms. The van der Waals surface area contributed by atoms with Gasteiger partial charge in [-0.3, -0.25) is 0 Å². The molecule has 0 saturated carbocycles. The van der Waals surface area contributed by atoms with E-state index in [-0.39, 0.29) is 17.4 Å². The van der Waals surface area contributed by atoms with E-state index < -0.39 is 16.0 Å². The number of rotatable bonds is 5. The van der Waals surface area contributed by atoms with Crippen LogP contribution in [0.5, 0.6) is 0 Å². The summed E-state index contributed by atoms with van der Waals surface area (Å²) in [6.45, 7) is 23.3. The normalized spacial score (nSPS) is 10.3. The van der Waals surface area contributed by atoms with Crippen LogP contribution in [-0.2, 0) is 31.3 Å². The first kappa shape index (κ1) is 32.2. The first-order valence-corrected chi connectivity index (χ1v) is 14.5. The van der Waals surface area contributed by atoms with E-state index in [4.69, 9.17) is 14.0 Å². The summed E-state index contributed by atoms with van der Waals surface area (Å²) in [6.07, 6.45) is 0. The van der Waals surface area contributed by atoms with Crippen molar-refractivity contribution in [1.29, 1.82) is 0 Å². The Morgan fingerprint density at radius 3 is 1.34 bits per heavy atom. The van der Waals surface area contributed by atoms with Crippen LogP contribution in [0, 0.1) is 20.0 Å². The van der Waals surface area contributed by atoms with Crippen molar-refractivity contribution in [3.63, 3.8) is 0 Å². The van der Waals surface area contributed by atoms with Crippen LogP contribution in [0.25, 0.3) is 0 Å². The molecule has 0 heterocycles. The standard InChI is InChI=1S/C23H27PSi.3CO.Cr/c1-19(22-17-11-12-18-23(22)25(2,3)4)24(20-13-7-5-8-14-20)21-15-9-6-10-16-21;3*1-2;/h5-19H,1-4H3;;;;/t19-;;;;/m1..../s1. The predicted octanol–water partition coefficient (Wildman–Crippen LogP) is 5.31. The zero-order chi connectivity index (χ0) is 23.9. The van der Waals surface area contributed by atoms with Crippen LogP contribution in [0.4, 0.5) is 0 Å². The third-order valence-electron chi connectivity index (χ3n) is 4.67. The van der Waals surface area contributed by atoms with Gasteiger partial charge in [-0.05, 0) is 24.1 Å². The molecule has 1 atom stereocenters. The minimum atomic E-state index is -1.38. The molecule has 0 radical (unpaired) electrons. The molecule has 3 rings (SSSR count). The van der Waals surface area contributed by atoms with E-state index in [1.807, 2.05) is 0 Å². The molecule has 0 N–H and O–H groups in total. The maximum atomic E-state index is 7.50. The van der Waals surface area contributed by atoms with Crippen LogP contribution in [0.1, 0.15) is 18.1 Å². The SMILES string of the molecule is C[C@H](c1ccccc1[Si](C)(C)C)P(c1ccccc1)c1ccccc1.[C-]#[O+].[C-]#[O+].[C-]#[O+].[Cr]. The summed E-state index contributed by atoms with van der Waals surface area (Å²) in [7, 11) is -1.81. The Kier molecular flexibility index (Phi) is 17.7. The molecule has 0 aliphatic carbocycles. The predicted molar refractivity (Wildman–Crippen MR) is 129 cm³/mol. The molecule has 3 aromatic rings. The van der Waals surface area contributed by atoms with E-state index in [9.17, 15) is 0 Å². The second-order valence-corrected chi connectivity index (χ2v) is 15.1. The van der Waals surface area contributed by atoms with Crippen molar-refractivity contribution in [3.05, 3.63) is 110 Å². The minimum absolute atomic E-state index is 0. The van der Waals surface area contributed by atoms with Crippen molar-refractivity contribution in [2.75, 3.05) is 0 Å². The van der Waals surface area contributed by atoms with Gasteiger partial charge in [0.25, 0.3) is 0 Å². The van der Waals surface area contributed by atoms with Gasteiger partial charge in [-0.25, -0.2) is 0 Å². The molecule has 0 fully saturated rings. The minimum Gasteiger partial charge on any atom is 0 e. The first-order chi connectivity index (χ1) is 15.0. The van der Waals surface area contributed by atoms with Crippen molar-refractivity contribution in [2.24, 2.45) is 0 Å². The first-order valence-electron chi connectivity index (χ1n) is 9.58. The van der Waals surface area contributed by atoms with Crippen molar-refractivity contribution in [1.82, 2.24) is 0 Å². The molecule has 32 heavy (non-hydrogen) atoms. The Hall–Kier alpha value is -1.94. The molecule has 0 aliphatic rings. The van der Waals surface area contributed by atoms with Gasteiger partial charge in [0.05, 0.1) is 8.07 Å².